The van der Waals surface area contributed by atoms with E-state index in [1.165, 1.54) is 5.56 Å². The number of benzene rings is 2. The van der Waals surface area contributed by atoms with E-state index in [1.54, 1.807) is 12.1 Å². The van der Waals surface area contributed by atoms with Gasteiger partial charge >= 0.3 is 0 Å². The fraction of sp³-hybridized carbons (Fsp3) is 0.276. The van der Waals surface area contributed by atoms with Crippen LogP contribution in [0, 0.1) is 12.8 Å². The van der Waals surface area contributed by atoms with Gasteiger partial charge in [0.25, 0.3) is 11.5 Å². The molecule has 2 bridgehead atoms. The summed E-state index contributed by atoms with van der Waals surface area (Å²) in [6.45, 7) is 8.44. The van der Waals surface area contributed by atoms with Crippen LogP contribution in [0.3, 0.4) is 0 Å². The number of piperidine rings is 1. The molecule has 0 spiro atoms. The van der Waals surface area contributed by atoms with Crippen molar-refractivity contribution in [2.45, 2.75) is 25.8 Å². The van der Waals surface area contributed by atoms with Gasteiger partial charge in [0.05, 0.1) is 11.4 Å². The van der Waals surface area contributed by atoms with Crippen LogP contribution in [0.1, 0.15) is 34.0 Å². The molecule has 8 heteroatoms. The molecule has 2 atom stereocenters. The SMILES string of the molecule is C=CCNC(=O)c1ccc(N2CC3CC(C2)c2cccc(=O)n2C3)c(NC(=S)Nc2ccc(C)cc2)c1. The lowest BCUT2D eigenvalue weighted by Gasteiger charge is -2.44. The summed E-state index contributed by atoms with van der Waals surface area (Å²) in [6, 6.07) is 19.3. The van der Waals surface area contributed by atoms with Crippen LogP contribution >= 0.6 is 12.2 Å². The van der Waals surface area contributed by atoms with Crippen molar-refractivity contribution in [3.63, 3.8) is 0 Å². The standard InChI is InChI=1S/C29H31N5O2S/c1-3-13-30-28(36)21-9-12-26(24(15-21)32-29(37)31-23-10-7-19(2)8-11-23)33-16-20-14-22(18-33)25-5-4-6-27(35)34(25)17-20/h3-12,15,20,22H,1,13-14,16-18H2,2H3,(H,30,36)(H2,31,32,37). The summed E-state index contributed by atoms with van der Waals surface area (Å²) in [6.07, 6.45) is 2.72. The number of carbonyl (C=O) groups is 1. The average molecular weight is 514 g/mol. The largest absolute Gasteiger partial charge is 0.369 e. The van der Waals surface area contributed by atoms with Gasteiger partial charge in [0.15, 0.2) is 5.11 Å². The van der Waals surface area contributed by atoms with Gasteiger partial charge in [-0.15, -0.1) is 6.58 Å². The van der Waals surface area contributed by atoms with E-state index in [0.717, 1.165) is 48.8 Å². The van der Waals surface area contributed by atoms with Crippen LogP contribution in [-0.4, -0.2) is 35.2 Å². The predicted octanol–water partition coefficient (Wildman–Crippen LogP) is 4.51. The molecular weight excluding hydrogens is 482 g/mol. The number of fused-ring (bicyclic) bond motifs is 4. The van der Waals surface area contributed by atoms with E-state index in [1.807, 2.05) is 60.0 Å². The van der Waals surface area contributed by atoms with Crippen molar-refractivity contribution in [3.8, 4) is 0 Å². The summed E-state index contributed by atoms with van der Waals surface area (Å²) in [5, 5.41) is 9.87. The predicted molar refractivity (Wildman–Crippen MR) is 154 cm³/mol. The summed E-state index contributed by atoms with van der Waals surface area (Å²) < 4.78 is 1.93. The minimum Gasteiger partial charge on any atom is -0.369 e. The maximum Gasteiger partial charge on any atom is 0.251 e. The molecule has 1 saturated heterocycles. The summed E-state index contributed by atoms with van der Waals surface area (Å²) in [5.41, 5.74) is 5.52. The molecular formula is C29H31N5O2S. The van der Waals surface area contributed by atoms with Crippen LogP contribution < -0.4 is 26.4 Å². The second-order valence-corrected chi connectivity index (χ2v) is 10.2. The number of amides is 1. The van der Waals surface area contributed by atoms with Gasteiger partial charge in [-0.3, -0.25) is 9.59 Å². The lowest BCUT2D eigenvalue weighted by atomic mass is 9.83. The van der Waals surface area contributed by atoms with Gasteiger partial charge in [0, 0.05) is 55.1 Å². The molecule has 3 N–H and O–H groups in total. The van der Waals surface area contributed by atoms with Crippen molar-refractivity contribution in [2.75, 3.05) is 35.2 Å². The zero-order valence-corrected chi connectivity index (χ0v) is 21.7. The molecule has 2 aromatic carbocycles. The van der Waals surface area contributed by atoms with Crippen molar-refractivity contribution < 1.29 is 4.79 Å². The number of nitrogens with zero attached hydrogens (tertiary/aromatic N) is 2. The number of hydrogen-bond acceptors (Lipinski definition) is 4. The monoisotopic (exact) mass is 513 g/mol. The Morgan fingerprint density at radius 1 is 1.08 bits per heavy atom. The topological polar surface area (TPSA) is 78.4 Å². The highest BCUT2D eigenvalue weighted by molar-refractivity contribution is 7.80. The minimum absolute atomic E-state index is 0.0745. The number of thiocarbonyl (C=S) groups is 1. The van der Waals surface area contributed by atoms with Gasteiger partial charge < -0.3 is 25.4 Å². The molecule has 7 nitrogen and oxygen atoms in total. The number of aryl methyl sites for hydroxylation is 1. The third kappa shape index (κ3) is 5.44. The van der Waals surface area contributed by atoms with E-state index >= 15 is 0 Å². The van der Waals surface area contributed by atoms with E-state index in [2.05, 4.69) is 33.5 Å². The Kier molecular flexibility index (Phi) is 7.10. The number of rotatable bonds is 6. The summed E-state index contributed by atoms with van der Waals surface area (Å²) in [7, 11) is 0. The molecule has 1 aromatic heterocycles. The van der Waals surface area contributed by atoms with Crippen LogP contribution in [0.15, 0.2) is 78.1 Å². The van der Waals surface area contributed by atoms with Gasteiger partial charge in [-0.2, -0.15) is 0 Å². The molecule has 2 aliphatic rings. The number of pyridine rings is 1. The maximum atomic E-state index is 12.7. The molecule has 2 unspecified atom stereocenters. The first-order valence-corrected chi connectivity index (χ1v) is 12.9. The van der Waals surface area contributed by atoms with Crippen LogP contribution in [0.4, 0.5) is 17.1 Å². The lowest BCUT2D eigenvalue weighted by Crippen LogP contribution is -2.47. The molecule has 0 radical (unpaired) electrons. The normalized spacial score (nSPS) is 17.9. The van der Waals surface area contributed by atoms with Crippen molar-refractivity contribution in [3.05, 3.63) is 100 Å². The highest BCUT2D eigenvalue weighted by Crippen LogP contribution is 2.39. The number of hydrogen-bond donors (Lipinski definition) is 3. The fourth-order valence-corrected chi connectivity index (χ4v) is 5.56. The number of carbonyl (C=O) groups excluding carboxylic acids is 1. The zero-order valence-electron chi connectivity index (χ0n) is 20.9. The molecule has 5 rings (SSSR count). The smallest absolute Gasteiger partial charge is 0.251 e. The summed E-state index contributed by atoms with van der Waals surface area (Å²) in [5.74, 6) is 0.464. The highest BCUT2D eigenvalue weighted by atomic mass is 32.1. The van der Waals surface area contributed by atoms with E-state index in [-0.39, 0.29) is 17.4 Å². The Labute approximate surface area is 222 Å². The number of aromatic nitrogens is 1. The van der Waals surface area contributed by atoms with E-state index in [9.17, 15) is 9.59 Å². The first-order chi connectivity index (χ1) is 17.9. The van der Waals surface area contributed by atoms with Crippen molar-refractivity contribution in [1.82, 2.24) is 9.88 Å². The molecule has 0 aliphatic carbocycles. The molecule has 37 heavy (non-hydrogen) atoms. The molecule has 1 amide bonds. The van der Waals surface area contributed by atoms with Crippen molar-refractivity contribution in [1.29, 1.82) is 0 Å². The minimum atomic E-state index is -0.171. The van der Waals surface area contributed by atoms with Crippen LogP contribution in [-0.2, 0) is 6.54 Å². The van der Waals surface area contributed by atoms with Crippen LogP contribution in [0.2, 0.25) is 0 Å². The molecule has 3 aromatic rings. The van der Waals surface area contributed by atoms with E-state index in [4.69, 9.17) is 12.2 Å². The Bertz CT molecular complexity index is 1400. The molecule has 0 saturated carbocycles. The maximum absolute atomic E-state index is 12.7. The first-order valence-electron chi connectivity index (χ1n) is 12.5. The second kappa shape index (κ2) is 10.6. The van der Waals surface area contributed by atoms with Gasteiger partial charge in [-0.05, 0) is 67.9 Å². The molecule has 1 fully saturated rings. The van der Waals surface area contributed by atoms with Crippen molar-refractivity contribution >= 4 is 40.3 Å². The Balaban J connectivity index is 1.43. The van der Waals surface area contributed by atoms with E-state index in [0.29, 0.717) is 23.1 Å². The quantitative estimate of drug-likeness (QED) is 0.333. The summed E-state index contributed by atoms with van der Waals surface area (Å²) in [4.78, 5) is 27.5. The number of nitrogens with one attached hydrogen (secondary N) is 3. The third-order valence-electron chi connectivity index (χ3n) is 7.04. The van der Waals surface area contributed by atoms with Gasteiger partial charge in [-0.25, -0.2) is 0 Å². The van der Waals surface area contributed by atoms with Crippen LogP contribution in [0.25, 0.3) is 0 Å². The number of anilines is 3. The third-order valence-corrected chi connectivity index (χ3v) is 7.25. The highest BCUT2D eigenvalue weighted by Gasteiger charge is 2.35. The van der Waals surface area contributed by atoms with Crippen molar-refractivity contribution in [2.24, 2.45) is 5.92 Å². The molecule has 190 valence electrons. The van der Waals surface area contributed by atoms with Gasteiger partial charge in [-0.1, -0.05) is 29.8 Å². The molecule has 2 aliphatic heterocycles. The van der Waals surface area contributed by atoms with Gasteiger partial charge in [0.1, 0.15) is 0 Å². The second-order valence-electron chi connectivity index (χ2n) is 9.78. The lowest BCUT2D eigenvalue weighted by molar-refractivity contribution is 0.0958. The van der Waals surface area contributed by atoms with Gasteiger partial charge in [0.2, 0.25) is 0 Å². The Morgan fingerprint density at radius 3 is 2.68 bits per heavy atom. The zero-order chi connectivity index (χ0) is 25.9. The Morgan fingerprint density at radius 2 is 1.89 bits per heavy atom. The molecule has 3 heterocycles. The summed E-state index contributed by atoms with van der Waals surface area (Å²) >= 11 is 5.65. The fourth-order valence-electron chi connectivity index (χ4n) is 5.33. The Hall–Kier alpha value is -3.91. The van der Waals surface area contributed by atoms with E-state index < -0.39 is 0 Å². The van der Waals surface area contributed by atoms with Crippen LogP contribution in [0.5, 0.6) is 0 Å². The average Bonchev–Trinajstić information content (AvgIpc) is 2.89. The first kappa shape index (κ1) is 24.8.